The van der Waals surface area contributed by atoms with Gasteiger partial charge in [-0.05, 0) is 109 Å². The van der Waals surface area contributed by atoms with Gasteiger partial charge in [0.1, 0.15) is 25.4 Å². The maximum absolute atomic E-state index is 13.0. The smallest absolute Gasteiger partial charge is 0.463 e. The van der Waals surface area contributed by atoms with Crippen molar-refractivity contribution < 1.29 is 75.8 Å². The van der Waals surface area contributed by atoms with Crippen LogP contribution < -0.4 is 0 Å². The Morgan fingerprint density at radius 2 is 0.505 bits per heavy atom. The molecule has 0 aromatic rings. The van der Waals surface area contributed by atoms with E-state index >= 15 is 0 Å². The van der Waals surface area contributed by atoms with Crippen molar-refractivity contribution in [3.05, 3.63) is 122 Å². The molecular weight excluding hydrogens is 1360 g/mol. The van der Waals surface area contributed by atoms with Gasteiger partial charge in [-0.25, -0.2) is 9.13 Å². The highest BCUT2D eigenvalue weighted by atomic mass is 31.2. The Balaban J connectivity index is 4.45. The van der Waals surface area contributed by atoms with E-state index in [2.05, 4.69) is 142 Å². The number of ether oxygens (including phenoxy) is 3. The average Bonchev–Trinajstić information content (AvgIpc) is 0.913. The Morgan fingerprint density at radius 1 is 0.276 bits per heavy atom. The normalized spacial score (nSPS) is 14.5. The number of esters is 3. The number of aliphatic hydroxyl groups is 2. The van der Waals surface area contributed by atoms with Crippen LogP contribution in [0.5, 0.6) is 0 Å². The van der Waals surface area contributed by atoms with Gasteiger partial charge in [0.25, 0.3) is 0 Å². The molecule has 4 N–H and O–H groups in total. The zero-order valence-electron chi connectivity index (χ0n) is 66.4. The van der Waals surface area contributed by atoms with Gasteiger partial charge < -0.3 is 34.2 Å². The number of carbonyl (C=O) groups excluding carboxylic acids is 3. The van der Waals surface area contributed by atoms with Crippen LogP contribution in [0.15, 0.2) is 122 Å². The van der Waals surface area contributed by atoms with Crippen LogP contribution in [0, 0.1) is 0 Å². The lowest BCUT2D eigenvalue weighted by Crippen LogP contribution is -2.30. The van der Waals surface area contributed by atoms with Crippen LogP contribution in [0.3, 0.4) is 0 Å². The van der Waals surface area contributed by atoms with Gasteiger partial charge in [0.15, 0.2) is 6.10 Å². The molecule has 0 aromatic heterocycles. The summed E-state index contributed by atoms with van der Waals surface area (Å²) >= 11 is 0. The molecule has 0 aromatic carbocycles. The maximum atomic E-state index is 13.0. The Hall–Kier alpha value is -4.05. The molecule has 0 saturated carbocycles. The summed E-state index contributed by atoms with van der Waals surface area (Å²) in [7, 11) is -9.79. The number of phosphoric ester groups is 2. The molecule has 0 heterocycles. The van der Waals surface area contributed by atoms with Gasteiger partial charge in [-0.2, -0.15) is 0 Å². The molecule has 5 unspecified atom stereocenters. The van der Waals surface area contributed by atoms with Crippen LogP contribution >= 0.6 is 15.6 Å². The molecule has 606 valence electrons. The highest BCUT2D eigenvalue weighted by Gasteiger charge is 2.29. The molecule has 16 nitrogen and oxygen atoms in total. The first kappa shape index (κ1) is 101. The van der Waals surface area contributed by atoms with Crippen molar-refractivity contribution in [3.8, 4) is 0 Å². The fourth-order valence-electron chi connectivity index (χ4n) is 11.4. The predicted molar refractivity (Wildman–Crippen MR) is 436 cm³/mol. The van der Waals surface area contributed by atoms with Gasteiger partial charge in [-0.1, -0.05) is 348 Å². The molecule has 0 aliphatic heterocycles. The standard InChI is InChI=1S/C87H152O16P2/c1-4-7-10-13-16-19-22-25-27-29-31-33-35-37-38-39-40-41-42-44-46-47-49-51-53-56-58-61-64-67-70-73-85(90)97-76-82(88)77-99-104(93,94)100-78-83(89)79-101-105(95,96)102-81-84(103-87(92)75-72-69-66-63-60-55-24-21-18-15-12-9-6-3)80-98-86(91)74-71-68-65-62-59-57-54-52-50-48-45-43-36-34-32-30-28-26-23-20-17-14-11-8-5-2/h7-8,10-11,16-17,19-20,25-28,31-34,37-38,43,45,82-84,88-89H,4-6,9,12-15,18,21-24,29-30,35-36,39-42,44,46-81H2,1-3H3,(H,93,94)(H,95,96)/b10-7-,11-8-,19-16-,20-17-,27-25-,28-26-,33-31-,34-32-,38-37-,45-43-. The fourth-order valence-corrected chi connectivity index (χ4v) is 13.0. The van der Waals surface area contributed by atoms with E-state index in [1.165, 1.54) is 154 Å². The van der Waals surface area contributed by atoms with E-state index in [1.54, 1.807) is 0 Å². The first-order chi connectivity index (χ1) is 51.2. The van der Waals surface area contributed by atoms with Gasteiger partial charge in [0.2, 0.25) is 0 Å². The number of phosphoric acid groups is 2. The van der Waals surface area contributed by atoms with Crippen LogP contribution in [-0.4, -0.2) is 95.9 Å². The van der Waals surface area contributed by atoms with Crippen molar-refractivity contribution in [2.45, 2.75) is 373 Å². The molecule has 0 amide bonds. The topological polar surface area (TPSA) is 231 Å². The minimum atomic E-state index is -4.93. The van der Waals surface area contributed by atoms with E-state index in [-0.39, 0.29) is 19.3 Å². The zero-order valence-corrected chi connectivity index (χ0v) is 68.2. The van der Waals surface area contributed by atoms with Gasteiger partial charge >= 0.3 is 33.6 Å². The number of hydrogen-bond donors (Lipinski definition) is 4. The molecule has 105 heavy (non-hydrogen) atoms. The third-order valence-corrected chi connectivity index (χ3v) is 19.6. The lowest BCUT2D eigenvalue weighted by molar-refractivity contribution is -0.161. The Bertz CT molecular complexity index is 2390. The molecule has 0 bridgehead atoms. The monoisotopic (exact) mass is 1520 g/mol. The summed E-state index contributed by atoms with van der Waals surface area (Å²) in [6.07, 6.45) is 95.4. The van der Waals surface area contributed by atoms with Crippen LogP contribution in [0.25, 0.3) is 0 Å². The highest BCUT2D eigenvalue weighted by molar-refractivity contribution is 7.47. The molecular formula is C87H152O16P2. The lowest BCUT2D eigenvalue weighted by Gasteiger charge is -2.21. The molecule has 0 aliphatic rings. The van der Waals surface area contributed by atoms with Crippen molar-refractivity contribution >= 4 is 33.6 Å². The van der Waals surface area contributed by atoms with E-state index in [9.17, 15) is 43.5 Å². The van der Waals surface area contributed by atoms with Gasteiger partial charge in [0, 0.05) is 19.3 Å². The number of hydrogen-bond acceptors (Lipinski definition) is 14. The second-order valence-corrected chi connectivity index (χ2v) is 30.8. The fraction of sp³-hybridized carbons (Fsp3) is 0.736. The summed E-state index contributed by atoms with van der Waals surface area (Å²) in [5.74, 6) is -1.57. The van der Waals surface area contributed by atoms with Gasteiger partial charge in [-0.15, -0.1) is 0 Å². The molecule has 0 radical (unpaired) electrons. The molecule has 0 fully saturated rings. The van der Waals surface area contributed by atoms with E-state index in [4.69, 9.17) is 32.3 Å². The summed E-state index contributed by atoms with van der Waals surface area (Å²) in [5.41, 5.74) is 0. The molecule has 0 saturated heterocycles. The second-order valence-electron chi connectivity index (χ2n) is 27.9. The molecule has 0 spiro atoms. The molecule has 5 atom stereocenters. The molecule has 0 aliphatic carbocycles. The largest absolute Gasteiger partial charge is 0.472 e. The number of aliphatic hydroxyl groups excluding tert-OH is 2. The van der Waals surface area contributed by atoms with E-state index < -0.39 is 91.5 Å². The van der Waals surface area contributed by atoms with Gasteiger partial charge in [0.05, 0.1) is 26.4 Å². The van der Waals surface area contributed by atoms with Crippen molar-refractivity contribution in [1.29, 1.82) is 0 Å². The average molecular weight is 1520 g/mol. The number of carbonyl (C=O) groups is 3. The zero-order chi connectivity index (χ0) is 76.6. The minimum Gasteiger partial charge on any atom is -0.463 e. The first-order valence-corrected chi connectivity index (χ1v) is 44.8. The third-order valence-electron chi connectivity index (χ3n) is 17.7. The summed E-state index contributed by atoms with van der Waals surface area (Å²) in [6, 6.07) is 0. The quantitative estimate of drug-likeness (QED) is 0.0146. The van der Waals surface area contributed by atoms with Crippen LogP contribution in [0.2, 0.25) is 0 Å². The van der Waals surface area contributed by atoms with Crippen molar-refractivity contribution in [3.63, 3.8) is 0 Å². The van der Waals surface area contributed by atoms with E-state index in [1.807, 2.05) is 0 Å². The van der Waals surface area contributed by atoms with E-state index in [0.717, 1.165) is 141 Å². The van der Waals surface area contributed by atoms with Gasteiger partial charge in [-0.3, -0.25) is 32.5 Å². The number of rotatable bonds is 79. The van der Waals surface area contributed by atoms with Crippen molar-refractivity contribution in [2.24, 2.45) is 0 Å². The minimum absolute atomic E-state index is 0.106. The summed E-state index contributed by atoms with van der Waals surface area (Å²) < 4.78 is 61.2. The first-order valence-electron chi connectivity index (χ1n) is 41.8. The van der Waals surface area contributed by atoms with E-state index in [0.29, 0.717) is 19.3 Å². The second kappa shape index (κ2) is 79.5. The predicted octanol–water partition coefficient (Wildman–Crippen LogP) is 24.9. The Labute approximate surface area is 640 Å². The maximum Gasteiger partial charge on any atom is 0.472 e. The highest BCUT2D eigenvalue weighted by Crippen LogP contribution is 2.45. The van der Waals surface area contributed by atoms with Crippen LogP contribution in [-0.2, 0) is 55.8 Å². The summed E-state index contributed by atoms with van der Waals surface area (Å²) in [6.45, 7) is 2.49. The SMILES string of the molecule is CC/C=C\C/C=C\C/C=C\C/C=C\C/C=C\CCCCCCCCCCCCCCCCCC(=O)OCC(O)COP(=O)(O)OCC(O)COP(=O)(O)OCC(COC(=O)CCCCCCCCCCC/C=C\C/C=C\C/C=C\C/C=C\C/C=C\CC)OC(=O)CCCCCCCCCCCCCCC. The summed E-state index contributed by atoms with van der Waals surface area (Å²) in [4.78, 5) is 58.7. The summed E-state index contributed by atoms with van der Waals surface area (Å²) in [5, 5.41) is 20.7. The lowest BCUT2D eigenvalue weighted by atomic mass is 10.0. The molecule has 18 heteroatoms. The molecule has 0 rings (SSSR count). The van der Waals surface area contributed by atoms with Crippen LogP contribution in [0.1, 0.15) is 355 Å². The van der Waals surface area contributed by atoms with Crippen molar-refractivity contribution in [2.75, 3.05) is 39.6 Å². The number of unbranched alkanes of at least 4 members (excludes halogenated alkanes) is 36. The van der Waals surface area contributed by atoms with Crippen molar-refractivity contribution in [1.82, 2.24) is 0 Å². The van der Waals surface area contributed by atoms with Crippen LogP contribution in [0.4, 0.5) is 0 Å². The Morgan fingerprint density at radius 3 is 0.800 bits per heavy atom. The third kappa shape index (κ3) is 80.8. The Kier molecular flexibility index (Phi) is 76.4. The number of allylic oxidation sites excluding steroid dienone is 20.